The summed E-state index contributed by atoms with van der Waals surface area (Å²) in [6, 6.07) is 6.13. The average Bonchev–Trinajstić information content (AvgIpc) is 2.23. The first-order valence-corrected chi connectivity index (χ1v) is 6.08. The average molecular weight is 249 g/mol. The van der Waals surface area contributed by atoms with Gasteiger partial charge in [-0.15, -0.1) is 0 Å². The van der Waals surface area contributed by atoms with Gasteiger partial charge < -0.3 is 5.32 Å². The van der Waals surface area contributed by atoms with Crippen LogP contribution in [-0.2, 0) is 0 Å². The predicted octanol–water partition coefficient (Wildman–Crippen LogP) is 3.23. The number of para-hydroxylation sites is 1. The van der Waals surface area contributed by atoms with Crippen LogP contribution >= 0.6 is 12.2 Å². The van der Waals surface area contributed by atoms with E-state index < -0.39 is 0 Å². The predicted molar refractivity (Wildman–Crippen MR) is 78.6 cm³/mol. The van der Waals surface area contributed by atoms with Crippen LogP contribution in [0.25, 0.3) is 0 Å². The summed E-state index contributed by atoms with van der Waals surface area (Å²) in [6.45, 7) is 8.23. The number of aryl methyl sites for hydroxylation is 2. The second-order valence-electron chi connectivity index (χ2n) is 4.35. The van der Waals surface area contributed by atoms with Crippen LogP contribution < -0.4 is 10.7 Å². The standard InChI is InChI=1S/C13H19N3S/c1-9(2)8-14-16-13(17)15-12-10(3)6-5-7-11(12)4/h5-9H,1-4H3,(H2,15,16,17)/b14-8+. The highest BCUT2D eigenvalue weighted by Crippen LogP contribution is 2.18. The van der Waals surface area contributed by atoms with Crippen molar-refractivity contribution in [1.29, 1.82) is 0 Å². The van der Waals surface area contributed by atoms with E-state index >= 15 is 0 Å². The molecule has 0 fully saturated rings. The van der Waals surface area contributed by atoms with Gasteiger partial charge in [0.15, 0.2) is 5.11 Å². The van der Waals surface area contributed by atoms with Crippen molar-refractivity contribution in [3.05, 3.63) is 29.3 Å². The van der Waals surface area contributed by atoms with Crippen molar-refractivity contribution >= 4 is 29.2 Å². The third-order valence-corrected chi connectivity index (χ3v) is 2.45. The SMILES string of the molecule is Cc1cccc(C)c1NC(=S)N/N=C/C(C)C. The Kier molecular flexibility index (Phi) is 5.10. The molecule has 92 valence electrons. The van der Waals surface area contributed by atoms with Gasteiger partial charge in [-0.05, 0) is 43.1 Å². The molecular weight excluding hydrogens is 230 g/mol. The lowest BCUT2D eigenvalue weighted by molar-refractivity contribution is 0.886. The summed E-state index contributed by atoms with van der Waals surface area (Å²) >= 11 is 5.17. The lowest BCUT2D eigenvalue weighted by atomic mass is 10.1. The van der Waals surface area contributed by atoms with Crippen LogP contribution in [0.3, 0.4) is 0 Å². The highest BCUT2D eigenvalue weighted by atomic mass is 32.1. The molecule has 0 heterocycles. The molecule has 0 amide bonds. The monoisotopic (exact) mass is 249 g/mol. The van der Waals surface area contributed by atoms with Crippen LogP contribution in [0, 0.1) is 19.8 Å². The van der Waals surface area contributed by atoms with E-state index in [4.69, 9.17) is 12.2 Å². The second-order valence-corrected chi connectivity index (χ2v) is 4.76. The molecule has 0 aromatic heterocycles. The molecule has 0 radical (unpaired) electrons. The molecule has 1 aromatic carbocycles. The molecule has 0 atom stereocenters. The van der Waals surface area contributed by atoms with Gasteiger partial charge in [0.25, 0.3) is 0 Å². The van der Waals surface area contributed by atoms with Crippen LogP contribution in [0.15, 0.2) is 23.3 Å². The summed E-state index contributed by atoms with van der Waals surface area (Å²) in [5.74, 6) is 0.408. The number of nitrogens with one attached hydrogen (secondary N) is 2. The number of benzene rings is 1. The smallest absolute Gasteiger partial charge is 0.191 e. The largest absolute Gasteiger partial charge is 0.331 e. The number of thiocarbonyl (C=S) groups is 1. The highest BCUT2D eigenvalue weighted by Gasteiger charge is 2.03. The number of hydrogen-bond donors (Lipinski definition) is 2. The molecule has 1 rings (SSSR count). The van der Waals surface area contributed by atoms with Gasteiger partial charge in [-0.2, -0.15) is 5.10 Å². The van der Waals surface area contributed by atoms with Crippen LogP contribution in [0.5, 0.6) is 0 Å². The number of rotatable bonds is 3. The van der Waals surface area contributed by atoms with Gasteiger partial charge in [0.1, 0.15) is 0 Å². The first kappa shape index (κ1) is 13.6. The van der Waals surface area contributed by atoms with E-state index in [1.165, 1.54) is 11.1 Å². The van der Waals surface area contributed by atoms with E-state index in [0.29, 0.717) is 11.0 Å². The summed E-state index contributed by atoms with van der Waals surface area (Å²) in [6.07, 6.45) is 1.82. The minimum atomic E-state index is 0.408. The van der Waals surface area contributed by atoms with E-state index in [1.807, 2.05) is 12.3 Å². The molecule has 4 heteroatoms. The van der Waals surface area contributed by atoms with Crippen molar-refractivity contribution in [2.24, 2.45) is 11.0 Å². The second kappa shape index (κ2) is 6.35. The Morgan fingerprint density at radius 3 is 2.41 bits per heavy atom. The van der Waals surface area contributed by atoms with E-state index in [1.54, 1.807) is 0 Å². The molecular formula is C13H19N3S. The van der Waals surface area contributed by atoms with Crippen molar-refractivity contribution in [2.75, 3.05) is 5.32 Å². The summed E-state index contributed by atoms with van der Waals surface area (Å²) < 4.78 is 0. The molecule has 0 bridgehead atoms. The lowest BCUT2D eigenvalue weighted by Gasteiger charge is -2.12. The van der Waals surface area contributed by atoms with Crippen molar-refractivity contribution in [1.82, 2.24) is 5.43 Å². The molecule has 17 heavy (non-hydrogen) atoms. The van der Waals surface area contributed by atoms with Gasteiger partial charge in [-0.3, -0.25) is 5.43 Å². The summed E-state index contributed by atoms with van der Waals surface area (Å²) in [5, 5.41) is 7.72. The topological polar surface area (TPSA) is 36.4 Å². The number of nitrogens with zero attached hydrogens (tertiary/aromatic N) is 1. The Balaban J connectivity index is 2.62. The molecule has 0 saturated carbocycles. The first-order chi connectivity index (χ1) is 8.00. The van der Waals surface area contributed by atoms with Crippen molar-refractivity contribution in [3.63, 3.8) is 0 Å². The summed E-state index contributed by atoms with van der Waals surface area (Å²) in [7, 11) is 0. The maximum absolute atomic E-state index is 5.17. The fraction of sp³-hybridized carbons (Fsp3) is 0.385. The molecule has 0 saturated heterocycles. The van der Waals surface area contributed by atoms with Crippen LogP contribution in [0.1, 0.15) is 25.0 Å². The Hall–Kier alpha value is -1.42. The normalized spacial score (nSPS) is 10.9. The van der Waals surface area contributed by atoms with Gasteiger partial charge in [-0.1, -0.05) is 32.0 Å². The van der Waals surface area contributed by atoms with Crippen LogP contribution in [0.4, 0.5) is 5.69 Å². The minimum Gasteiger partial charge on any atom is -0.331 e. The number of hydrazone groups is 1. The zero-order valence-electron chi connectivity index (χ0n) is 10.7. The van der Waals surface area contributed by atoms with E-state index in [-0.39, 0.29) is 0 Å². The van der Waals surface area contributed by atoms with Crippen molar-refractivity contribution in [3.8, 4) is 0 Å². The molecule has 0 unspecified atom stereocenters. The Bertz CT molecular complexity index is 404. The molecule has 0 aliphatic rings. The summed E-state index contributed by atoms with van der Waals surface area (Å²) in [4.78, 5) is 0. The maximum Gasteiger partial charge on any atom is 0.191 e. The third kappa shape index (κ3) is 4.53. The van der Waals surface area contributed by atoms with Crippen molar-refractivity contribution in [2.45, 2.75) is 27.7 Å². The Morgan fingerprint density at radius 1 is 1.29 bits per heavy atom. The van der Waals surface area contributed by atoms with E-state index in [0.717, 1.165) is 5.69 Å². The molecule has 3 nitrogen and oxygen atoms in total. The Morgan fingerprint density at radius 2 is 1.88 bits per heavy atom. The Labute approximate surface area is 108 Å². The zero-order chi connectivity index (χ0) is 12.8. The van der Waals surface area contributed by atoms with Gasteiger partial charge in [0, 0.05) is 11.9 Å². The number of hydrogen-bond acceptors (Lipinski definition) is 2. The van der Waals surface area contributed by atoms with Gasteiger partial charge >= 0.3 is 0 Å². The maximum atomic E-state index is 5.17. The van der Waals surface area contributed by atoms with E-state index in [9.17, 15) is 0 Å². The van der Waals surface area contributed by atoms with Crippen LogP contribution in [-0.4, -0.2) is 11.3 Å². The van der Waals surface area contributed by atoms with Crippen LogP contribution in [0.2, 0.25) is 0 Å². The van der Waals surface area contributed by atoms with E-state index in [2.05, 4.69) is 55.7 Å². The molecule has 1 aromatic rings. The fourth-order valence-corrected chi connectivity index (χ4v) is 1.55. The molecule has 2 N–H and O–H groups in total. The molecule has 0 aliphatic heterocycles. The van der Waals surface area contributed by atoms with Gasteiger partial charge in [0.2, 0.25) is 0 Å². The first-order valence-electron chi connectivity index (χ1n) is 5.67. The highest BCUT2D eigenvalue weighted by molar-refractivity contribution is 7.80. The van der Waals surface area contributed by atoms with Gasteiger partial charge in [0.05, 0.1) is 0 Å². The zero-order valence-corrected chi connectivity index (χ0v) is 11.6. The molecule has 0 spiro atoms. The fourth-order valence-electron chi connectivity index (χ4n) is 1.40. The third-order valence-electron chi connectivity index (χ3n) is 2.26. The summed E-state index contributed by atoms with van der Waals surface area (Å²) in [5.41, 5.74) is 6.19. The quantitative estimate of drug-likeness (QED) is 0.490. The molecule has 0 aliphatic carbocycles. The van der Waals surface area contributed by atoms with Gasteiger partial charge in [-0.25, -0.2) is 0 Å². The number of anilines is 1. The minimum absolute atomic E-state index is 0.408. The lowest BCUT2D eigenvalue weighted by Crippen LogP contribution is -2.25. The van der Waals surface area contributed by atoms with Crippen molar-refractivity contribution < 1.29 is 0 Å².